The maximum Gasteiger partial charge on any atom is 0.251 e. The highest BCUT2D eigenvalue weighted by Gasteiger charge is 2.15. The van der Waals surface area contributed by atoms with Gasteiger partial charge in [-0.3, -0.25) is 4.79 Å². The first-order valence-corrected chi connectivity index (χ1v) is 7.11. The molecule has 0 fully saturated rings. The molecule has 21 heavy (non-hydrogen) atoms. The van der Waals surface area contributed by atoms with E-state index in [1.165, 1.54) is 17.3 Å². The summed E-state index contributed by atoms with van der Waals surface area (Å²) in [7, 11) is 3.70. The van der Waals surface area contributed by atoms with Gasteiger partial charge in [-0.25, -0.2) is 4.98 Å². The predicted molar refractivity (Wildman–Crippen MR) is 82.6 cm³/mol. The summed E-state index contributed by atoms with van der Waals surface area (Å²) in [5, 5.41) is 0. The fraction of sp³-hybridized carbons (Fsp3) is 0.375. The quantitative estimate of drug-likeness (QED) is 0.936. The smallest absolute Gasteiger partial charge is 0.251 e. The van der Waals surface area contributed by atoms with Crippen molar-refractivity contribution in [2.75, 3.05) is 25.6 Å². The summed E-state index contributed by atoms with van der Waals surface area (Å²) >= 11 is 0. The molecule has 0 spiro atoms. The van der Waals surface area contributed by atoms with Crippen molar-refractivity contribution in [3.8, 4) is 11.4 Å². The molecule has 0 radical (unpaired) electrons. The minimum absolute atomic E-state index is 0.151. The first-order valence-electron chi connectivity index (χ1n) is 7.11. The maximum absolute atomic E-state index is 11.7. The molecule has 5 nitrogen and oxygen atoms in total. The van der Waals surface area contributed by atoms with Crippen LogP contribution >= 0.6 is 0 Å². The van der Waals surface area contributed by atoms with Crippen molar-refractivity contribution in [2.24, 2.45) is 0 Å². The Balaban J connectivity index is 2.03. The van der Waals surface area contributed by atoms with Gasteiger partial charge >= 0.3 is 0 Å². The Hall–Kier alpha value is -2.14. The van der Waals surface area contributed by atoms with E-state index in [0.29, 0.717) is 18.1 Å². The number of aryl methyl sites for hydroxylation is 1. The molecule has 2 heterocycles. The lowest BCUT2D eigenvalue weighted by atomic mass is 9.99. The highest BCUT2D eigenvalue weighted by Crippen LogP contribution is 2.29. The molecule has 110 valence electrons. The van der Waals surface area contributed by atoms with Crippen LogP contribution in [0.1, 0.15) is 17.7 Å². The third kappa shape index (κ3) is 2.83. The largest absolute Gasteiger partial charge is 0.378 e. The Morgan fingerprint density at radius 1 is 1.38 bits per heavy atom. The molecule has 3 rings (SSSR count). The van der Waals surface area contributed by atoms with Gasteiger partial charge in [0, 0.05) is 38.0 Å². The molecule has 0 amide bonds. The summed E-state index contributed by atoms with van der Waals surface area (Å²) in [6.07, 6.45) is 2.22. The Kier molecular flexibility index (Phi) is 3.75. The summed E-state index contributed by atoms with van der Waals surface area (Å²) in [5.41, 5.74) is 4.01. The molecule has 1 aromatic carbocycles. The van der Waals surface area contributed by atoms with Crippen LogP contribution in [0, 0.1) is 0 Å². The number of nitrogens with one attached hydrogen (secondary N) is 1. The standard InChI is InChI=1S/C16H19N3O2/c1-19-7-3-4-11-8-12(5-6-14(11)19)16-17-13(10-21-2)9-15(20)18-16/h5-6,8-9H,3-4,7,10H2,1-2H3,(H,17,18,20). The molecule has 5 heteroatoms. The predicted octanol–water partition coefficient (Wildman–Crippen LogP) is 1.97. The van der Waals surface area contributed by atoms with Gasteiger partial charge in [0.25, 0.3) is 5.56 Å². The fourth-order valence-corrected chi connectivity index (χ4v) is 2.80. The summed E-state index contributed by atoms with van der Waals surface area (Å²) in [5.74, 6) is 0.602. The average Bonchev–Trinajstić information content (AvgIpc) is 2.47. The molecule has 0 aliphatic carbocycles. The number of aromatic amines is 1. The molecule has 1 aliphatic rings. The van der Waals surface area contributed by atoms with Gasteiger partial charge in [-0.1, -0.05) is 0 Å². The topological polar surface area (TPSA) is 58.2 Å². The first-order chi connectivity index (χ1) is 10.2. The highest BCUT2D eigenvalue weighted by atomic mass is 16.5. The molecule has 0 saturated carbocycles. The van der Waals surface area contributed by atoms with Crippen LogP contribution in [-0.2, 0) is 17.8 Å². The number of hydrogen-bond acceptors (Lipinski definition) is 4. The van der Waals surface area contributed by atoms with E-state index >= 15 is 0 Å². The van der Waals surface area contributed by atoms with Crippen molar-refractivity contribution in [2.45, 2.75) is 19.4 Å². The number of benzene rings is 1. The number of aromatic nitrogens is 2. The van der Waals surface area contributed by atoms with Gasteiger partial charge in [-0.05, 0) is 36.6 Å². The zero-order valence-corrected chi connectivity index (χ0v) is 12.3. The lowest BCUT2D eigenvalue weighted by Gasteiger charge is -2.27. The molecule has 1 N–H and O–H groups in total. The monoisotopic (exact) mass is 285 g/mol. The zero-order valence-electron chi connectivity index (χ0n) is 12.3. The molecule has 0 atom stereocenters. The minimum Gasteiger partial charge on any atom is -0.378 e. The van der Waals surface area contributed by atoms with Crippen molar-refractivity contribution >= 4 is 5.69 Å². The molecule has 0 bridgehead atoms. The van der Waals surface area contributed by atoms with E-state index in [9.17, 15) is 4.79 Å². The fourth-order valence-electron chi connectivity index (χ4n) is 2.80. The second-order valence-corrected chi connectivity index (χ2v) is 5.39. The lowest BCUT2D eigenvalue weighted by Crippen LogP contribution is -2.24. The Morgan fingerprint density at radius 3 is 3.05 bits per heavy atom. The van der Waals surface area contributed by atoms with Crippen LogP contribution in [0.3, 0.4) is 0 Å². The number of H-pyrrole nitrogens is 1. The van der Waals surface area contributed by atoms with Gasteiger partial charge in [0.2, 0.25) is 0 Å². The molecular weight excluding hydrogens is 266 g/mol. The number of ether oxygens (including phenoxy) is 1. The van der Waals surface area contributed by atoms with E-state index in [1.807, 2.05) is 6.07 Å². The van der Waals surface area contributed by atoms with Crippen molar-refractivity contribution in [3.63, 3.8) is 0 Å². The second kappa shape index (κ2) is 5.69. The molecule has 0 unspecified atom stereocenters. The molecule has 0 saturated heterocycles. The van der Waals surface area contributed by atoms with Crippen molar-refractivity contribution in [1.82, 2.24) is 9.97 Å². The van der Waals surface area contributed by atoms with Crippen LogP contribution in [0.5, 0.6) is 0 Å². The number of nitrogens with zero attached hydrogens (tertiary/aromatic N) is 2. The second-order valence-electron chi connectivity index (χ2n) is 5.39. The van der Waals surface area contributed by atoms with Gasteiger partial charge in [0.1, 0.15) is 5.82 Å². The third-order valence-corrected chi connectivity index (χ3v) is 3.79. The van der Waals surface area contributed by atoms with Crippen LogP contribution in [0.15, 0.2) is 29.1 Å². The van der Waals surface area contributed by atoms with E-state index in [-0.39, 0.29) is 5.56 Å². The van der Waals surface area contributed by atoms with Crippen LogP contribution < -0.4 is 10.5 Å². The zero-order chi connectivity index (χ0) is 14.8. The first kappa shape index (κ1) is 13.8. The number of anilines is 1. The molecule has 1 aliphatic heterocycles. The van der Waals surface area contributed by atoms with Crippen LogP contribution in [0.4, 0.5) is 5.69 Å². The Morgan fingerprint density at radius 2 is 2.24 bits per heavy atom. The average molecular weight is 285 g/mol. The molecule has 2 aromatic rings. The highest BCUT2D eigenvalue weighted by molar-refractivity contribution is 5.65. The summed E-state index contributed by atoms with van der Waals surface area (Å²) in [4.78, 5) is 21.3. The van der Waals surface area contributed by atoms with Crippen LogP contribution in [-0.4, -0.2) is 30.7 Å². The number of fused-ring (bicyclic) bond motifs is 1. The lowest BCUT2D eigenvalue weighted by molar-refractivity contribution is 0.181. The van der Waals surface area contributed by atoms with Crippen LogP contribution in [0.2, 0.25) is 0 Å². The van der Waals surface area contributed by atoms with Gasteiger partial charge < -0.3 is 14.6 Å². The van der Waals surface area contributed by atoms with Crippen LogP contribution in [0.25, 0.3) is 11.4 Å². The molecular formula is C16H19N3O2. The minimum atomic E-state index is -0.151. The summed E-state index contributed by atoms with van der Waals surface area (Å²) < 4.78 is 5.06. The van der Waals surface area contributed by atoms with Crippen molar-refractivity contribution < 1.29 is 4.74 Å². The number of hydrogen-bond donors (Lipinski definition) is 1. The molecule has 1 aromatic heterocycles. The number of methoxy groups -OCH3 is 1. The van der Waals surface area contributed by atoms with Gasteiger partial charge in [0.15, 0.2) is 0 Å². The summed E-state index contributed by atoms with van der Waals surface area (Å²) in [6, 6.07) is 7.71. The maximum atomic E-state index is 11.7. The third-order valence-electron chi connectivity index (χ3n) is 3.79. The van der Waals surface area contributed by atoms with E-state index in [1.54, 1.807) is 7.11 Å². The Bertz CT molecular complexity index is 709. The van der Waals surface area contributed by atoms with E-state index in [0.717, 1.165) is 24.9 Å². The summed E-state index contributed by atoms with van der Waals surface area (Å²) in [6.45, 7) is 1.43. The Labute approximate surface area is 123 Å². The van der Waals surface area contributed by atoms with Gasteiger partial charge in [0.05, 0.1) is 12.3 Å². The van der Waals surface area contributed by atoms with Gasteiger partial charge in [-0.2, -0.15) is 0 Å². The van der Waals surface area contributed by atoms with Gasteiger partial charge in [-0.15, -0.1) is 0 Å². The number of rotatable bonds is 3. The normalized spacial score (nSPS) is 14.1. The van der Waals surface area contributed by atoms with E-state index in [4.69, 9.17) is 4.74 Å². The van der Waals surface area contributed by atoms with E-state index < -0.39 is 0 Å². The van der Waals surface area contributed by atoms with E-state index in [2.05, 4.69) is 34.0 Å². The van der Waals surface area contributed by atoms with Crippen molar-refractivity contribution in [1.29, 1.82) is 0 Å². The SMILES string of the molecule is COCc1cc(=O)[nH]c(-c2ccc3c(c2)CCCN3C)n1. The van der Waals surface area contributed by atoms with Crippen molar-refractivity contribution in [3.05, 3.63) is 45.9 Å².